The fourth-order valence-electron chi connectivity index (χ4n) is 2.65. The Kier molecular flexibility index (Phi) is 5.48. The van der Waals surface area contributed by atoms with Gasteiger partial charge in [0.1, 0.15) is 17.2 Å². The maximum absolute atomic E-state index is 12.9. The van der Waals surface area contributed by atoms with Gasteiger partial charge in [-0.2, -0.15) is 5.11 Å². The number of hydrogen-bond acceptors (Lipinski definition) is 9. The number of thioether (sulfide) groups is 2. The molecule has 29 heavy (non-hydrogen) atoms. The van der Waals surface area contributed by atoms with Gasteiger partial charge in [0.15, 0.2) is 5.56 Å². The highest BCUT2D eigenvalue weighted by Gasteiger charge is 2.38. The Morgan fingerprint density at radius 3 is 2.97 bits per heavy atom. The van der Waals surface area contributed by atoms with Gasteiger partial charge in [0.25, 0.3) is 5.91 Å². The zero-order valence-corrected chi connectivity index (χ0v) is 17.1. The van der Waals surface area contributed by atoms with E-state index in [0.29, 0.717) is 16.7 Å². The lowest BCUT2D eigenvalue weighted by molar-refractivity contribution is 0.0939. The highest BCUT2D eigenvalue weighted by atomic mass is 35.5. The van der Waals surface area contributed by atoms with Crippen LogP contribution in [0.5, 0.6) is 5.75 Å². The Balaban J connectivity index is 1.62. The minimum absolute atomic E-state index is 0.0886. The summed E-state index contributed by atoms with van der Waals surface area (Å²) in [7, 11) is 0. The second kappa shape index (κ2) is 8.05. The molecule has 1 amide bonds. The van der Waals surface area contributed by atoms with Crippen LogP contribution in [0.1, 0.15) is 16.1 Å². The van der Waals surface area contributed by atoms with Gasteiger partial charge in [-0.3, -0.25) is 9.78 Å². The van der Waals surface area contributed by atoms with Crippen LogP contribution in [0.3, 0.4) is 0 Å². The van der Waals surface area contributed by atoms with Crippen LogP contribution in [0.4, 0.5) is 0 Å². The van der Waals surface area contributed by atoms with Gasteiger partial charge in [-0.25, -0.2) is 4.79 Å². The van der Waals surface area contributed by atoms with Crippen LogP contribution >= 0.6 is 35.1 Å². The Labute approximate surface area is 177 Å². The standard InChI is InChI=1S/C18H13ClN4O4S2/c19-10-4-5-12-13(7-10)27-17(26)14(15(12)24)16(25)22-18(23-21-9-29-18)28-8-11-3-1-2-6-20-11/h1-7,24H,8-9H2,(H,22,25). The summed E-state index contributed by atoms with van der Waals surface area (Å²) >= 11 is 8.48. The summed E-state index contributed by atoms with van der Waals surface area (Å²) < 4.78 is 4.03. The van der Waals surface area contributed by atoms with Crippen molar-refractivity contribution in [2.75, 3.05) is 5.88 Å². The molecule has 0 aliphatic carbocycles. The molecule has 0 bridgehead atoms. The quantitative estimate of drug-likeness (QED) is 0.447. The van der Waals surface area contributed by atoms with E-state index in [-0.39, 0.29) is 11.0 Å². The van der Waals surface area contributed by atoms with Gasteiger partial charge in [0, 0.05) is 23.0 Å². The number of nitrogens with zero attached hydrogens (tertiary/aromatic N) is 3. The van der Waals surface area contributed by atoms with Crippen molar-refractivity contribution in [1.29, 1.82) is 0 Å². The molecule has 1 aliphatic rings. The first-order chi connectivity index (χ1) is 14.0. The molecule has 0 radical (unpaired) electrons. The maximum atomic E-state index is 12.9. The van der Waals surface area contributed by atoms with Crippen molar-refractivity contribution in [2.24, 2.45) is 10.2 Å². The lowest BCUT2D eigenvalue weighted by atomic mass is 10.1. The van der Waals surface area contributed by atoms with Gasteiger partial charge in [0.2, 0.25) is 4.33 Å². The number of azo groups is 1. The topological polar surface area (TPSA) is 117 Å². The third-order valence-corrected chi connectivity index (χ3v) is 6.78. The van der Waals surface area contributed by atoms with Crippen molar-refractivity contribution in [1.82, 2.24) is 10.3 Å². The Morgan fingerprint density at radius 1 is 1.38 bits per heavy atom. The van der Waals surface area contributed by atoms with E-state index in [9.17, 15) is 14.7 Å². The monoisotopic (exact) mass is 448 g/mol. The Hall–Kier alpha value is -2.56. The normalized spacial score (nSPS) is 18.2. The molecule has 2 N–H and O–H groups in total. The van der Waals surface area contributed by atoms with Crippen molar-refractivity contribution < 1.29 is 14.3 Å². The van der Waals surface area contributed by atoms with E-state index in [1.165, 1.54) is 41.7 Å². The minimum atomic E-state index is -1.14. The number of aromatic hydroxyl groups is 1. The van der Waals surface area contributed by atoms with E-state index in [1.807, 2.05) is 18.2 Å². The van der Waals surface area contributed by atoms with Crippen molar-refractivity contribution in [3.8, 4) is 5.75 Å². The molecule has 0 saturated heterocycles. The molecule has 1 atom stereocenters. The predicted molar refractivity (Wildman–Crippen MR) is 112 cm³/mol. The third-order valence-electron chi connectivity index (χ3n) is 4.00. The second-order valence-corrected chi connectivity index (χ2v) is 8.91. The Morgan fingerprint density at radius 2 is 2.24 bits per heavy atom. The summed E-state index contributed by atoms with van der Waals surface area (Å²) in [6.45, 7) is 0. The smallest absolute Gasteiger partial charge is 0.353 e. The van der Waals surface area contributed by atoms with Crippen LogP contribution < -0.4 is 10.9 Å². The van der Waals surface area contributed by atoms with Gasteiger partial charge in [0.05, 0.1) is 11.1 Å². The maximum Gasteiger partial charge on any atom is 0.353 e. The summed E-state index contributed by atoms with van der Waals surface area (Å²) in [4.78, 5) is 29.5. The largest absolute Gasteiger partial charge is 0.506 e. The molecule has 8 nitrogen and oxygen atoms in total. The number of halogens is 1. The molecule has 1 aromatic carbocycles. The van der Waals surface area contributed by atoms with E-state index in [2.05, 4.69) is 20.5 Å². The number of carbonyl (C=O) groups excluding carboxylic acids is 1. The number of rotatable bonds is 5. The summed E-state index contributed by atoms with van der Waals surface area (Å²) in [5, 5.41) is 21.8. The third kappa shape index (κ3) is 4.09. The number of amides is 1. The summed E-state index contributed by atoms with van der Waals surface area (Å²) in [6.07, 6.45) is 1.68. The SMILES string of the molecule is O=C(NC1(SCc2ccccn2)N=NCS1)c1c(O)c2ccc(Cl)cc2oc1=O. The zero-order valence-electron chi connectivity index (χ0n) is 14.7. The fourth-order valence-corrected chi connectivity index (χ4v) is 4.85. The molecule has 3 aromatic rings. The van der Waals surface area contributed by atoms with Gasteiger partial charge < -0.3 is 14.8 Å². The molecule has 2 aromatic heterocycles. The van der Waals surface area contributed by atoms with Gasteiger partial charge in [-0.15, -0.1) is 5.11 Å². The molecule has 11 heteroatoms. The van der Waals surface area contributed by atoms with Crippen LogP contribution in [-0.2, 0) is 5.75 Å². The van der Waals surface area contributed by atoms with Crippen LogP contribution in [0.15, 0.2) is 62.0 Å². The molecular formula is C18H13ClN4O4S2. The first-order valence-corrected chi connectivity index (χ1v) is 10.7. The van der Waals surface area contributed by atoms with Crippen molar-refractivity contribution in [2.45, 2.75) is 10.1 Å². The highest BCUT2D eigenvalue weighted by molar-refractivity contribution is 8.17. The fraction of sp³-hybridized carbons (Fsp3) is 0.167. The van der Waals surface area contributed by atoms with E-state index in [0.717, 1.165) is 5.69 Å². The molecule has 0 spiro atoms. The summed E-state index contributed by atoms with van der Waals surface area (Å²) in [5.74, 6) is -0.471. The van der Waals surface area contributed by atoms with Crippen molar-refractivity contribution >= 4 is 52.0 Å². The molecule has 0 saturated carbocycles. The molecule has 4 rings (SSSR count). The zero-order chi connectivity index (χ0) is 20.4. The van der Waals surface area contributed by atoms with Crippen LogP contribution in [-0.4, -0.2) is 26.2 Å². The van der Waals surface area contributed by atoms with Crippen LogP contribution in [0, 0.1) is 0 Å². The van der Waals surface area contributed by atoms with Crippen LogP contribution in [0.2, 0.25) is 5.02 Å². The van der Waals surface area contributed by atoms with E-state index in [1.54, 1.807) is 6.20 Å². The predicted octanol–water partition coefficient (Wildman–Crippen LogP) is 3.98. The van der Waals surface area contributed by atoms with Gasteiger partial charge in [-0.05, 0) is 24.3 Å². The molecule has 0 fully saturated rings. The minimum Gasteiger partial charge on any atom is -0.506 e. The molecule has 148 valence electrons. The van der Waals surface area contributed by atoms with E-state index >= 15 is 0 Å². The van der Waals surface area contributed by atoms with Crippen molar-refractivity contribution in [3.63, 3.8) is 0 Å². The average Bonchev–Trinajstić information content (AvgIpc) is 3.15. The highest BCUT2D eigenvalue weighted by Crippen LogP contribution is 2.42. The molecule has 1 aliphatic heterocycles. The number of benzene rings is 1. The number of fused-ring (bicyclic) bond motifs is 1. The number of pyridine rings is 1. The lowest BCUT2D eigenvalue weighted by Gasteiger charge is -2.24. The molecule has 3 heterocycles. The summed E-state index contributed by atoms with van der Waals surface area (Å²) in [6, 6.07) is 9.92. The Bertz CT molecular complexity index is 1170. The summed E-state index contributed by atoms with van der Waals surface area (Å²) in [5.41, 5.74) is -0.579. The number of hydrogen-bond donors (Lipinski definition) is 2. The first kappa shape index (κ1) is 19.7. The second-order valence-electron chi connectivity index (χ2n) is 5.91. The van der Waals surface area contributed by atoms with E-state index < -0.39 is 27.2 Å². The molecular weight excluding hydrogens is 436 g/mol. The van der Waals surface area contributed by atoms with Gasteiger partial charge in [-0.1, -0.05) is 41.2 Å². The molecule has 1 unspecified atom stereocenters. The van der Waals surface area contributed by atoms with E-state index in [4.69, 9.17) is 16.0 Å². The first-order valence-electron chi connectivity index (χ1n) is 8.32. The average molecular weight is 449 g/mol. The van der Waals surface area contributed by atoms with Crippen LogP contribution in [0.25, 0.3) is 11.0 Å². The van der Waals surface area contributed by atoms with Gasteiger partial charge >= 0.3 is 5.63 Å². The number of nitrogens with one attached hydrogen (secondary N) is 1. The number of aromatic nitrogens is 1. The lowest BCUT2D eigenvalue weighted by Crippen LogP contribution is -2.42. The number of carbonyl (C=O) groups is 1. The van der Waals surface area contributed by atoms with Crippen molar-refractivity contribution in [3.05, 3.63) is 69.3 Å².